The van der Waals surface area contributed by atoms with Crippen molar-refractivity contribution in [3.05, 3.63) is 48.0 Å². The van der Waals surface area contributed by atoms with E-state index in [1.807, 2.05) is 0 Å². The minimum absolute atomic E-state index is 0.146. The number of rotatable bonds is 2. The van der Waals surface area contributed by atoms with Gasteiger partial charge in [0, 0.05) is 11.5 Å². The summed E-state index contributed by atoms with van der Waals surface area (Å²) in [4.78, 5) is 13.8. The second kappa shape index (κ2) is 7.41. The quantitative estimate of drug-likeness (QED) is 0.489. The van der Waals surface area contributed by atoms with E-state index in [-0.39, 0.29) is 11.3 Å². The highest BCUT2D eigenvalue weighted by Crippen LogP contribution is 2.68. The van der Waals surface area contributed by atoms with Crippen LogP contribution in [0.25, 0.3) is 10.8 Å². The first-order chi connectivity index (χ1) is 15.7. The minimum atomic E-state index is -0.467. The molecule has 0 radical (unpaired) electrons. The summed E-state index contributed by atoms with van der Waals surface area (Å²) in [6.07, 6.45) is 10.4. The zero-order chi connectivity index (χ0) is 23.0. The lowest BCUT2D eigenvalue weighted by Gasteiger charge is -2.61. The van der Waals surface area contributed by atoms with Gasteiger partial charge in [0.2, 0.25) is 0 Å². The van der Waals surface area contributed by atoms with Crippen LogP contribution in [0.2, 0.25) is 0 Å². The monoisotopic (exact) mass is 444 g/mol. The standard InChI is InChI=1S/C31H40O2/c1-29(33)16-17-30(2)23(19-29)10-11-24-25-12-13-27(31(25,3)15-14-26(24)30)28(32)22-9-8-20-6-4-5-7-21(20)18-22/h4-9,18,23-27,33H,10-17,19H2,1-3H3/t23-,24-,25-,26-,27+,29+,30-,31-/m0/s1. The van der Waals surface area contributed by atoms with Crippen molar-refractivity contribution in [3.8, 4) is 0 Å². The maximum Gasteiger partial charge on any atom is 0.166 e. The molecule has 176 valence electrons. The van der Waals surface area contributed by atoms with Gasteiger partial charge in [0.25, 0.3) is 0 Å². The van der Waals surface area contributed by atoms with Crippen molar-refractivity contribution in [3.63, 3.8) is 0 Å². The third-order valence-electron chi connectivity index (χ3n) is 11.3. The Balaban J connectivity index is 1.26. The molecule has 0 amide bonds. The van der Waals surface area contributed by atoms with Gasteiger partial charge in [-0.1, -0.05) is 50.2 Å². The summed E-state index contributed by atoms with van der Waals surface area (Å²) < 4.78 is 0. The summed E-state index contributed by atoms with van der Waals surface area (Å²) in [7, 11) is 0. The van der Waals surface area contributed by atoms with Crippen molar-refractivity contribution in [2.45, 2.75) is 84.2 Å². The number of benzene rings is 2. The lowest BCUT2D eigenvalue weighted by molar-refractivity contribution is -0.144. The molecule has 0 aromatic heterocycles. The Morgan fingerprint density at radius 2 is 1.58 bits per heavy atom. The smallest absolute Gasteiger partial charge is 0.166 e. The van der Waals surface area contributed by atoms with Gasteiger partial charge in [0.05, 0.1) is 5.60 Å². The Hall–Kier alpha value is -1.67. The Labute approximate surface area is 199 Å². The molecule has 2 aromatic carbocycles. The Bertz CT molecular complexity index is 1090. The van der Waals surface area contributed by atoms with Gasteiger partial charge in [0.1, 0.15) is 0 Å². The van der Waals surface area contributed by atoms with Crippen LogP contribution in [0.15, 0.2) is 42.5 Å². The van der Waals surface area contributed by atoms with Gasteiger partial charge in [-0.05, 0) is 116 Å². The highest BCUT2D eigenvalue weighted by atomic mass is 16.3. The van der Waals surface area contributed by atoms with Gasteiger partial charge >= 0.3 is 0 Å². The van der Waals surface area contributed by atoms with E-state index in [1.54, 1.807) is 0 Å². The summed E-state index contributed by atoms with van der Waals surface area (Å²) in [6.45, 7) is 7.07. The summed E-state index contributed by atoms with van der Waals surface area (Å²) in [6, 6.07) is 14.7. The zero-order valence-corrected chi connectivity index (χ0v) is 20.6. The topological polar surface area (TPSA) is 37.3 Å². The summed E-state index contributed by atoms with van der Waals surface area (Å²) in [5.41, 5.74) is 0.971. The molecular formula is C31H40O2. The molecule has 0 heterocycles. The van der Waals surface area contributed by atoms with Crippen LogP contribution in [0.4, 0.5) is 0 Å². The molecule has 0 bridgehead atoms. The van der Waals surface area contributed by atoms with Crippen molar-refractivity contribution in [2.75, 3.05) is 0 Å². The molecular weight excluding hydrogens is 404 g/mol. The number of hydrogen-bond donors (Lipinski definition) is 1. The van der Waals surface area contributed by atoms with Crippen molar-refractivity contribution in [2.24, 2.45) is 40.4 Å². The van der Waals surface area contributed by atoms with Gasteiger partial charge < -0.3 is 5.11 Å². The Morgan fingerprint density at radius 1 is 0.818 bits per heavy atom. The summed E-state index contributed by atoms with van der Waals surface area (Å²) in [5.74, 6) is 3.46. The van der Waals surface area contributed by atoms with Crippen LogP contribution < -0.4 is 0 Å². The van der Waals surface area contributed by atoms with Crippen LogP contribution in [0.1, 0.15) is 88.9 Å². The molecule has 4 saturated carbocycles. The molecule has 2 aromatic rings. The normalized spacial score (nSPS) is 44.7. The molecule has 8 atom stereocenters. The van der Waals surface area contributed by atoms with E-state index in [0.717, 1.165) is 36.7 Å². The number of carbonyl (C=O) groups excluding carboxylic acids is 1. The maximum atomic E-state index is 13.8. The van der Waals surface area contributed by atoms with E-state index < -0.39 is 5.60 Å². The molecule has 33 heavy (non-hydrogen) atoms. The van der Waals surface area contributed by atoms with Crippen LogP contribution >= 0.6 is 0 Å². The average molecular weight is 445 g/mol. The van der Waals surface area contributed by atoms with E-state index in [1.165, 1.54) is 49.3 Å². The first kappa shape index (κ1) is 21.8. The fourth-order valence-electron chi connectivity index (χ4n) is 9.41. The molecule has 0 spiro atoms. The molecule has 1 N–H and O–H groups in total. The van der Waals surface area contributed by atoms with Crippen molar-refractivity contribution in [1.29, 1.82) is 0 Å². The largest absolute Gasteiger partial charge is 0.390 e. The highest BCUT2D eigenvalue weighted by molar-refractivity contribution is 6.01. The number of hydrogen-bond acceptors (Lipinski definition) is 2. The van der Waals surface area contributed by atoms with E-state index in [9.17, 15) is 9.90 Å². The van der Waals surface area contributed by atoms with E-state index in [4.69, 9.17) is 0 Å². The lowest BCUT2D eigenvalue weighted by Crippen LogP contribution is -2.55. The first-order valence-electron chi connectivity index (χ1n) is 13.5. The van der Waals surface area contributed by atoms with Crippen LogP contribution in [0, 0.1) is 40.4 Å². The molecule has 4 aliphatic rings. The molecule has 0 aliphatic heterocycles. The van der Waals surface area contributed by atoms with Crippen molar-refractivity contribution >= 4 is 16.6 Å². The van der Waals surface area contributed by atoms with Crippen molar-refractivity contribution in [1.82, 2.24) is 0 Å². The number of aliphatic hydroxyl groups is 1. The number of fused-ring (bicyclic) bond motifs is 6. The fraction of sp³-hybridized carbons (Fsp3) is 0.645. The van der Waals surface area contributed by atoms with Crippen LogP contribution in [-0.2, 0) is 0 Å². The molecule has 2 heteroatoms. The second-order valence-electron chi connectivity index (χ2n) is 13.0. The predicted octanol–water partition coefficient (Wildman–Crippen LogP) is 7.43. The summed E-state index contributed by atoms with van der Waals surface area (Å²) in [5, 5.41) is 13.1. The van der Waals surface area contributed by atoms with Crippen LogP contribution in [0.3, 0.4) is 0 Å². The number of ketones is 1. The molecule has 4 aliphatic carbocycles. The Morgan fingerprint density at radius 3 is 2.39 bits per heavy atom. The third kappa shape index (κ3) is 3.27. The number of Topliss-reactive ketones (excluding diaryl/α,β-unsaturated/α-hetero) is 1. The summed E-state index contributed by atoms with van der Waals surface area (Å²) >= 11 is 0. The highest BCUT2D eigenvalue weighted by Gasteiger charge is 2.61. The second-order valence-corrected chi connectivity index (χ2v) is 13.0. The minimum Gasteiger partial charge on any atom is -0.390 e. The number of carbonyl (C=O) groups is 1. The lowest BCUT2D eigenvalue weighted by atomic mass is 9.44. The molecule has 0 unspecified atom stereocenters. The fourth-order valence-corrected chi connectivity index (χ4v) is 9.41. The van der Waals surface area contributed by atoms with E-state index in [2.05, 4.69) is 63.2 Å². The van der Waals surface area contributed by atoms with Gasteiger partial charge in [-0.2, -0.15) is 0 Å². The zero-order valence-electron chi connectivity index (χ0n) is 20.6. The van der Waals surface area contributed by atoms with Crippen molar-refractivity contribution < 1.29 is 9.90 Å². The van der Waals surface area contributed by atoms with E-state index >= 15 is 0 Å². The molecule has 2 nitrogen and oxygen atoms in total. The third-order valence-corrected chi connectivity index (χ3v) is 11.3. The average Bonchev–Trinajstić information content (AvgIpc) is 3.16. The van der Waals surface area contributed by atoms with Gasteiger partial charge in [-0.15, -0.1) is 0 Å². The Kier molecular flexibility index (Phi) is 4.90. The molecule has 0 saturated heterocycles. The maximum absolute atomic E-state index is 13.8. The van der Waals surface area contributed by atoms with Crippen LogP contribution in [0.5, 0.6) is 0 Å². The van der Waals surface area contributed by atoms with Gasteiger partial charge in [-0.3, -0.25) is 4.79 Å². The predicted molar refractivity (Wildman–Crippen MR) is 134 cm³/mol. The first-order valence-corrected chi connectivity index (χ1v) is 13.5. The SMILES string of the molecule is C[C@@]1(O)CC[C@@]2(C)[C@@H](CC[C@@H]3[C@@H]2CC[C@]2(C)[C@@H](C(=O)c4ccc5ccccc5c4)CC[C@@H]32)C1. The van der Waals surface area contributed by atoms with E-state index in [0.29, 0.717) is 23.0 Å². The van der Waals surface area contributed by atoms with Crippen LogP contribution in [-0.4, -0.2) is 16.5 Å². The molecule has 6 rings (SSSR count). The molecule has 4 fully saturated rings. The van der Waals surface area contributed by atoms with Gasteiger partial charge in [0.15, 0.2) is 5.78 Å². The van der Waals surface area contributed by atoms with Gasteiger partial charge in [-0.25, -0.2) is 0 Å².